The van der Waals surface area contributed by atoms with E-state index >= 15 is 0 Å². The molecule has 0 rings (SSSR count). The number of phosphoric acid groups is 1. The fourth-order valence-corrected chi connectivity index (χ4v) is 5.80. The van der Waals surface area contributed by atoms with Gasteiger partial charge >= 0.3 is 19.8 Å². The van der Waals surface area contributed by atoms with Crippen LogP contribution in [0.3, 0.4) is 0 Å². The van der Waals surface area contributed by atoms with Crippen LogP contribution in [0.2, 0.25) is 0 Å². The van der Waals surface area contributed by atoms with Gasteiger partial charge in [0.25, 0.3) is 0 Å². The number of allylic oxidation sites excluding steroid dienone is 6. The van der Waals surface area contributed by atoms with Crippen LogP contribution in [0.1, 0.15) is 162 Å². The number of hydrogen-bond acceptors (Lipinski definition) is 9. The standard InChI is InChI=1S/C39H71O10P/c1-3-5-7-9-11-13-15-17-18-19-21-23-25-27-29-31-39(43)49-37(33-41)35-47-50(44,45)46-34-36(32-40)48-38(42)30-28-26-24-22-20-16-14-12-10-8-6-4-2/h11-14,17-18,36-37,40-41H,3-10,15-16,19-35H2,1-2H3,(H,44,45)/b13-11-,14-12-,18-17-. The fraction of sp³-hybridized carbons (Fsp3) is 0.795. The molecule has 0 amide bonds. The number of esters is 2. The molecule has 3 N–H and O–H groups in total. The summed E-state index contributed by atoms with van der Waals surface area (Å²) in [4.78, 5) is 34.3. The molecule has 0 aromatic heterocycles. The highest BCUT2D eigenvalue weighted by molar-refractivity contribution is 7.47. The van der Waals surface area contributed by atoms with E-state index in [2.05, 4.69) is 50.3 Å². The van der Waals surface area contributed by atoms with Gasteiger partial charge in [0.15, 0.2) is 0 Å². The van der Waals surface area contributed by atoms with Gasteiger partial charge in [-0.2, -0.15) is 0 Å². The Morgan fingerprint density at radius 1 is 0.540 bits per heavy atom. The summed E-state index contributed by atoms with van der Waals surface area (Å²) in [5, 5.41) is 19.1. The lowest BCUT2D eigenvalue weighted by Gasteiger charge is -2.20. The van der Waals surface area contributed by atoms with Crippen LogP contribution < -0.4 is 0 Å². The summed E-state index contributed by atoms with van der Waals surface area (Å²) >= 11 is 0. The van der Waals surface area contributed by atoms with Crippen LogP contribution in [0.4, 0.5) is 0 Å². The summed E-state index contributed by atoms with van der Waals surface area (Å²) in [5.41, 5.74) is 0. The lowest BCUT2D eigenvalue weighted by molar-refractivity contribution is -0.153. The summed E-state index contributed by atoms with van der Waals surface area (Å²) in [7, 11) is -4.63. The number of unbranched alkanes of at least 4 members (excludes halogenated alkanes) is 16. The molecule has 0 spiro atoms. The third-order valence-electron chi connectivity index (χ3n) is 8.07. The van der Waals surface area contributed by atoms with Crippen molar-refractivity contribution in [2.45, 2.75) is 174 Å². The summed E-state index contributed by atoms with van der Waals surface area (Å²) in [6.45, 7) is 2.11. The van der Waals surface area contributed by atoms with Crippen molar-refractivity contribution >= 4 is 19.8 Å². The van der Waals surface area contributed by atoms with Crippen molar-refractivity contribution in [3.05, 3.63) is 36.5 Å². The van der Waals surface area contributed by atoms with Gasteiger partial charge < -0.3 is 24.6 Å². The van der Waals surface area contributed by atoms with Crippen LogP contribution in [0.15, 0.2) is 36.5 Å². The Morgan fingerprint density at radius 2 is 0.880 bits per heavy atom. The zero-order chi connectivity index (χ0) is 37.0. The minimum absolute atomic E-state index is 0.175. The molecule has 0 bridgehead atoms. The number of aliphatic hydroxyl groups is 2. The molecule has 3 unspecified atom stereocenters. The normalized spacial score (nSPS) is 14.4. The van der Waals surface area contributed by atoms with Crippen LogP contribution in [-0.2, 0) is 32.7 Å². The van der Waals surface area contributed by atoms with Crippen LogP contribution in [0, 0.1) is 0 Å². The molecule has 0 aromatic rings. The van der Waals surface area contributed by atoms with Gasteiger partial charge in [-0.3, -0.25) is 18.6 Å². The Kier molecular flexibility index (Phi) is 34.3. The van der Waals surface area contributed by atoms with Gasteiger partial charge in [-0.15, -0.1) is 0 Å². The molecular weight excluding hydrogens is 659 g/mol. The van der Waals surface area contributed by atoms with Crippen LogP contribution in [-0.4, -0.2) is 65.7 Å². The van der Waals surface area contributed by atoms with E-state index in [1.165, 1.54) is 38.5 Å². The highest BCUT2D eigenvalue weighted by atomic mass is 31.2. The first-order valence-electron chi connectivity index (χ1n) is 19.4. The van der Waals surface area contributed by atoms with E-state index in [-0.39, 0.29) is 12.8 Å². The Balaban J connectivity index is 4.01. The van der Waals surface area contributed by atoms with Gasteiger partial charge in [0.2, 0.25) is 0 Å². The molecule has 0 aliphatic rings. The molecule has 10 nitrogen and oxygen atoms in total. The largest absolute Gasteiger partial charge is 0.472 e. The monoisotopic (exact) mass is 730 g/mol. The Bertz CT molecular complexity index is 936. The molecule has 3 atom stereocenters. The topological polar surface area (TPSA) is 149 Å². The number of rotatable bonds is 36. The predicted molar refractivity (Wildman–Crippen MR) is 201 cm³/mol. The van der Waals surface area contributed by atoms with E-state index in [1.807, 2.05) is 0 Å². The van der Waals surface area contributed by atoms with E-state index in [9.17, 15) is 29.3 Å². The van der Waals surface area contributed by atoms with Gasteiger partial charge in [0.1, 0.15) is 12.2 Å². The molecule has 292 valence electrons. The quantitative estimate of drug-likeness (QED) is 0.0246. The summed E-state index contributed by atoms with van der Waals surface area (Å²) in [5.74, 6) is -1.04. The summed E-state index contributed by atoms with van der Waals surface area (Å²) < 4.78 is 32.4. The van der Waals surface area contributed by atoms with Gasteiger partial charge in [-0.05, 0) is 70.6 Å². The lowest BCUT2D eigenvalue weighted by atomic mass is 10.1. The van der Waals surface area contributed by atoms with Crippen molar-refractivity contribution in [3.8, 4) is 0 Å². The number of hydrogen-bond donors (Lipinski definition) is 3. The molecule has 0 fully saturated rings. The fourth-order valence-electron chi connectivity index (χ4n) is 5.02. The molecular formula is C39H71O10P. The van der Waals surface area contributed by atoms with Gasteiger partial charge in [-0.25, -0.2) is 4.57 Å². The zero-order valence-electron chi connectivity index (χ0n) is 31.4. The number of carbonyl (C=O) groups excluding carboxylic acids is 2. The first-order chi connectivity index (χ1) is 24.3. The first-order valence-corrected chi connectivity index (χ1v) is 20.9. The maximum absolute atomic E-state index is 12.3. The molecule has 11 heteroatoms. The third kappa shape index (κ3) is 33.3. The zero-order valence-corrected chi connectivity index (χ0v) is 32.3. The minimum Gasteiger partial charge on any atom is -0.457 e. The molecule has 0 radical (unpaired) electrons. The molecule has 0 heterocycles. The first kappa shape index (κ1) is 48.2. The van der Waals surface area contributed by atoms with Crippen LogP contribution >= 0.6 is 7.82 Å². The highest BCUT2D eigenvalue weighted by Crippen LogP contribution is 2.43. The molecule has 0 aliphatic carbocycles. The number of carbonyl (C=O) groups is 2. The SMILES string of the molecule is CCCCC/C=C\C/C=C\CCCCCCCC(=O)OC(CO)COP(=O)(O)OCC(CO)OC(=O)CCCCCCC/C=C\CCCCC. The van der Waals surface area contributed by atoms with Crippen molar-refractivity contribution in [3.63, 3.8) is 0 Å². The maximum Gasteiger partial charge on any atom is 0.472 e. The second-order valence-electron chi connectivity index (χ2n) is 12.9. The summed E-state index contributed by atoms with van der Waals surface area (Å²) in [6.07, 6.45) is 34.0. The van der Waals surface area contributed by atoms with Crippen LogP contribution in [0.5, 0.6) is 0 Å². The maximum atomic E-state index is 12.3. The van der Waals surface area contributed by atoms with Crippen molar-refractivity contribution in [1.29, 1.82) is 0 Å². The highest BCUT2D eigenvalue weighted by Gasteiger charge is 2.27. The number of phosphoric ester groups is 1. The van der Waals surface area contributed by atoms with E-state index in [0.717, 1.165) is 83.5 Å². The molecule has 0 saturated carbocycles. The minimum atomic E-state index is -4.63. The predicted octanol–water partition coefficient (Wildman–Crippen LogP) is 9.61. The second-order valence-corrected chi connectivity index (χ2v) is 14.4. The average molecular weight is 731 g/mol. The Hall–Kier alpha value is -1.81. The third-order valence-corrected chi connectivity index (χ3v) is 9.03. The molecule has 0 saturated heterocycles. The van der Waals surface area contributed by atoms with E-state index in [4.69, 9.17) is 18.5 Å². The molecule has 50 heavy (non-hydrogen) atoms. The van der Waals surface area contributed by atoms with E-state index < -0.39 is 58.4 Å². The second kappa shape index (κ2) is 35.6. The van der Waals surface area contributed by atoms with Crippen molar-refractivity contribution in [2.24, 2.45) is 0 Å². The van der Waals surface area contributed by atoms with Crippen molar-refractivity contribution < 1.29 is 47.8 Å². The van der Waals surface area contributed by atoms with E-state index in [0.29, 0.717) is 12.8 Å². The average Bonchev–Trinajstić information content (AvgIpc) is 3.10. The van der Waals surface area contributed by atoms with Gasteiger partial charge in [0.05, 0.1) is 26.4 Å². The summed E-state index contributed by atoms with van der Waals surface area (Å²) in [6, 6.07) is 0. The Labute approximate surface area is 303 Å². The lowest BCUT2D eigenvalue weighted by Crippen LogP contribution is -2.28. The Morgan fingerprint density at radius 3 is 1.26 bits per heavy atom. The molecule has 0 aromatic carbocycles. The van der Waals surface area contributed by atoms with E-state index in [1.54, 1.807) is 0 Å². The van der Waals surface area contributed by atoms with Crippen LogP contribution in [0.25, 0.3) is 0 Å². The van der Waals surface area contributed by atoms with Crippen molar-refractivity contribution in [1.82, 2.24) is 0 Å². The smallest absolute Gasteiger partial charge is 0.457 e. The van der Waals surface area contributed by atoms with Crippen molar-refractivity contribution in [2.75, 3.05) is 26.4 Å². The number of aliphatic hydroxyl groups excluding tert-OH is 2. The molecule has 0 aliphatic heterocycles. The van der Waals surface area contributed by atoms with Gasteiger partial charge in [-0.1, -0.05) is 115 Å². The van der Waals surface area contributed by atoms with Gasteiger partial charge in [0, 0.05) is 12.8 Å². The number of ether oxygens (including phenoxy) is 2.